The molecule has 1 saturated carbocycles. The van der Waals surface area contributed by atoms with Crippen LogP contribution in [0.4, 0.5) is 0 Å². The van der Waals surface area contributed by atoms with E-state index >= 15 is 0 Å². The number of hydrogen-bond acceptors (Lipinski definition) is 3. The average Bonchev–Trinajstić information content (AvgIpc) is 3.17. The molecule has 4 rings (SSSR count). The SMILES string of the molecule is Cc1ccc(C2OC2(C(=O)OC2CCCC2)c2ccccc2)cc1. The third-order valence-electron chi connectivity index (χ3n) is 5.08. The zero-order valence-electron chi connectivity index (χ0n) is 13.9. The van der Waals surface area contributed by atoms with Gasteiger partial charge in [-0.25, -0.2) is 4.79 Å². The van der Waals surface area contributed by atoms with Crippen molar-refractivity contribution in [1.82, 2.24) is 0 Å². The van der Waals surface area contributed by atoms with Gasteiger partial charge in [0.25, 0.3) is 0 Å². The van der Waals surface area contributed by atoms with Crippen LogP contribution in [-0.2, 0) is 19.9 Å². The number of rotatable bonds is 4. The van der Waals surface area contributed by atoms with E-state index in [2.05, 4.69) is 19.1 Å². The molecule has 2 aromatic carbocycles. The van der Waals surface area contributed by atoms with Crippen molar-refractivity contribution in [2.75, 3.05) is 0 Å². The molecule has 124 valence electrons. The first kappa shape index (κ1) is 15.4. The standard InChI is InChI=1S/C21H22O3/c1-15-11-13-16(14-12-15)19-21(24-19,17-7-3-2-4-8-17)20(22)23-18-9-5-6-10-18/h2-4,7-8,11-14,18-19H,5-6,9-10H2,1H3. The highest BCUT2D eigenvalue weighted by Crippen LogP contribution is 2.58. The summed E-state index contributed by atoms with van der Waals surface area (Å²) in [5.41, 5.74) is 2.10. The zero-order valence-corrected chi connectivity index (χ0v) is 13.9. The first-order chi connectivity index (χ1) is 11.7. The number of esters is 1. The minimum Gasteiger partial charge on any atom is -0.460 e. The van der Waals surface area contributed by atoms with Gasteiger partial charge in [0, 0.05) is 0 Å². The van der Waals surface area contributed by atoms with Crippen LogP contribution in [0.2, 0.25) is 0 Å². The molecule has 1 saturated heterocycles. The van der Waals surface area contributed by atoms with Gasteiger partial charge in [0.15, 0.2) is 0 Å². The Kier molecular flexibility index (Phi) is 3.89. The van der Waals surface area contributed by atoms with Crippen LogP contribution in [0.1, 0.15) is 48.5 Å². The lowest BCUT2D eigenvalue weighted by Crippen LogP contribution is -2.29. The van der Waals surface area contributed by atoms with Crippen LogP contribution in [0.25, 0.3) is 0 Å². The number of carbonyl (C=O) groups excluding carboxylic acids is 1. The summed E-state index contributed by atoms with van der Waals surface area (Å²) in [6.07, 6.45) is 3.98. The first-order valence-electron chi connectivity index (χ1n) is 8.71. The Hall–Kier alpha value is -2.13. The molecule has 0 N–H and O–H groups in total. The largest absolute Gasteiger partial charge is 0.460 e. The van der Waals surface area contributed by atoms with E-state index in [1.165, 1.54) is 5.56 Å². The molecule has 0 radical (unpaired) electrons. The summed E-state index contributed by atoms with van der Waals surface area (Å²) < 4.78 is 11.8. The summed E-state index contributed by atoms with van der Waals surface area (Å²) in [7, 11) is 0. The second kappa shape index (κ2) is 6.06. The molecule has 0 aromatic heterocycles. The van der Waals surface area contributed by atoms with Crippen molar-refractivity contribution in [1.29, 1.82) is 0 Å². The fourth-order valence-electron chi connectivity index (χ4n) is 3.62. The number of hydrogen-bond donors (Lipinski definition) is 0. The molecule has 0 amide bonds. The van der Waals surface area contributed by atoms with Crippen molar-refractivity contribution in [3.05, 3.63) is 71.3 Å². The summed E-state index contributed by atoms with van der Waals surface area (Å²) in [6.45, 7) is 2.05. The van der Waals surface area contributed by atoms with E-state index < -0.39 is 5.60 Å². The normalized spacial score (nSPS) is 26.3. The molecule has 3 heteroatoms. The van der Waals surface area contributed by atoms with Crippen molar-refractivity contribution in [2.24, 2.45) is 0 Å². The molecule has 2 atom stereocenters. The van der Waals surface area contributed by atoms with Crippen molar-refractivity contribution < 1.29 is 14.3 Å². The lowest BCUT2D eigenvalue weighted by molar-refractivity contribution is -0.155. The monoisotopic (exact) mass is 322 g/mol. The Balaban J connectivity index is 1.64. The van der Waals surface area contributed by atoms with Gasteiger partial charge in [-0.15, -0.1) is 0 Å². The van der Waals surface area contributed by atoms with E-state index in [-0.39, 0.29) is 18.2 Å². The predicted octanol–water partition coefficient (Wildman–Crippen LogP) is 4.45. The van der Waals surface area contributed by atoms with Gasteiger partial charge >= 0.3 is 5.97 Å². The maximum Gasteiger partial charge on any atom is 0.346 e. The predicted molar refractivity (Wildman–Crippen MR) is 91.5 cm³/mol. The first-order valence-corrected chi connectivity index (χ1v) is 8.71. The fraction of sp³-hybridized carbons (Fsp3) is 0.381. The third kappa shape index (κ3) is 2.63. The minimum atomic E-state index is -0.987. The van der Waals surface area contributed by atoms with Gasteiger partial charge in [0.1, 0.15) is 12.2 Å². The highest BCUT2D eigenvalue weighted by Gasteiger charge is 2.66. The number of ether oxygens (including phenoxy) is 2. The molecular formula is C21H22O3. The molecule has 2 unspecified atom stereocenters. The Morgan fingerprint density at radius 3 is 2.38 bits per heavy atom. The molecular weight excluding hydrogens is 300 g/mol. The van der Waals surface area contributed by atoms with Crippen LogP contribution in [-0.4, -0.2) is 12.1 Å². The quantitative estimate of drug-likeness (QED) is 0.617. The highest BCUT2D eigenvalue weighted by atomic mass is 16.7. The lowest BCUT2D eigenvalue weighted by atomic mass is 9.91. The Bertz CT molecular complexity index is 717. The molecule has 3 nitrogen and oxygen atoms in total. The molecule has 24 heavy (non-hydrogen) atoms. The van der Waals surface area contributed by atoms with Crippen molar-refractivity contribution in [3.63, 3.8) is 0 Å². The number of carbonyl (C=O) groups is 1. The number of aryl methyl sites for hydroxylation is 1. The van der Waals surface area contributed by atoms with E-state index in [4.69, 9.17) is 9.47 Å². The van der Waals surface area contributed by atoms with Crippen LogP contribution in [0, 0.1) is 6.92 Å². The molecule has 0 spiro atoms. The van der Waals surface area contributed by atoms with Gasteiger partial charge in [0.05, 0.1) is 0 Å². The van der Waals surface area contributed by atoms with Gasteiger partial charge < -0.3 is 9.47 Å². The van der Waals surface area contributed by atoms with Crippen LogP contribution < -0.4 is 0 Å². The van der Waals surface area contributed by atoms with Crippen LogP contribution in [0.3, 0.4) is 0 Å². The Morgan fingerprint density at radius 1 is 1.04 bits per heavy atom. The summed E-state index contributed by atoms with van der Waals surface area (Å²) in [5.74, 6) is -0.244. The van der Waals surface area contributed by atoms with Crippen LogP contribution in [0.5, 0.6) is 0 Å². The molecule has 2 fully saturated rings. The highest BCUT2D eigenvalue weighted by molar-refractivity contribution is 5.86. The zero-order chi connectivity index (χ0) is 16.6. The molecule has 1 aliphatic carbocycles. The molecule has 2 aliphatic rings. The maximum atomic E-state index is 13.0. The van der Waals surface area contributed by atoms with Crippen LogP contribution in [0.15, 0.2) is 54.6 Å². The van der Waals surface area contributed by atoms with Crippen LogP contribution >= 0.6 is 0 Å². The van der Waals surface area contributed by atoms with E-state index in [0.29, 0.717) is 0 Å². The maximum absolute atomic E-state index is 13.0. The molecule has 1 heterocycles. The van der Waals surface area contributed by atoms with Gasteiger partial charge in [0.2, 0.25) is 5.60 Å². The third-order valence-corrected chi connectivity index (χ3v) is 5.08. The lowest BCUT2D eigenvalue weighted by Gasteiger charge is -2.17. The summed E-state index contributed by atoms with van der Waals surface area (Å²) in [6, 6.07) is 17.9. The Morgan fingerprint density at radius 2 is 1.71 bits per heavy atom. The van der Waals surface area contributed by atoms with E-state index in [9.17, 15) is 4.79 Å². The number of benzene rings is 2. The summed E-state index contributed by atoms with van der Waals surface area (Å²) in [4.78, 5) is 13.0. The minimum absolute atomic E-state index is 0.0426. The van der Waals surface area contributed by atoms with E-state index in [1.807, 2.05) is 42.5 Å². The van der Waals surface area contributed by atoms with Gasteiger partial charge in [-0.3, -0.25) is 0 Å². The van der Waals surface area contributed by atoms with E-state index in [0.717, 1.165) is 36.8 Å². The topological polar surface area (TPSA) is 38.8 Å². The van der Waals surface area contributed by atoms with Gasteiger partial charge in [-0.05, 0) is 43.7 Å². The average molecular weight is 322 g/mol. The van der Waals surface area contributed by atoms with Crippen molar-refractivity contribution in [2.45, 2.75) is 50.4 Å². The summed E-state index contributed by atoms with van der Waals surface area (Å²) >= 11 is 0. The van der Waals surface area contributed by atoms with Crippen molar-refractivity contribution >= 4 is 5.97 Å². The molecule has 2 aromatic rings. The van der Waals surface area contributed by atoms with E-state index in [1.54, 1.807) is 0 Å². The van der Waals surface area contributed by atoms with Gasteiger partial charge in [-0.1, -0.05) is 60.2 Å². The number of epoxide rings is 1. The smallest absolute Gasteiger partial charge is 0.346 e. The second-order valence-corrected chi connectivity index (χ2v) is 6.82. The second-order valence-electron chi connectivity index (χ2n) is 6.82. The molecule has 0 bridgehead atoms. The van der Waals surface area contributed by atoms with Crippen molar-refractivity contribution in [3.8, 4) is 0 Å². The summed E-state index contributed by atoms with van der Waals surface area (Å²) in [5, 5.41) is 0. The fourth-order valence-corrected chi connectivity index (χ4v) is 3.62. The molecule has 1 aliphatic heterocycles. The van der Waals surface area contributed by atoms with Gasteiger partial charge in [-0.2, -0.15) is 0 Å². The Labute approximate surface area is 142 Å².